The summed E-state index contributed by atoms with van der Waals surface area (Å²) in [5.41, 5.74) is 2.47. The molecule has 5 heteroatoms. The van der Waals surface area contributed by atoms with Crippen molar-refractivity contribution in [3.05, 3.63) is 58.0 Å². The molecule has 1 aromatic carbocycles. The van der Waals surface area contributed by atoms with Gasteiger partial charge >= 0.3 is 0 Å². The summed E-state index contributed by atoms with van der Waals surface area (Å²) >= 11 is 6.36. The van der Waals surface area contributed by atoms with Crippen LogP contribution in [-0.2, 0) is 6.54 Å². The maximum absolute atomic E-state index is 12.5. The molecule has 3 aromatic rings. The number of nitrogens with one attached hydrogen (secondary N) is 1. The van der Waals surface area contributed by atoms with E-state index in [0.717, 1.165) is 23.5 Å². The lowest BCUT2D eigenvalue weighted by atomic mass is 10.0. The lowest BCUT2D eigenvalue weighted by Gasteiger charge is -2.14. The van der Waals surface area contributed by atoms with Crippen molar-refractivity contribution in [2.24, 2.45) is 0 Å². The van der Waals surface area contributed by atoms with Crippen LogP contribution >= 0.6 is 11.6 Å². The molecule has 0 amide bonds. The van der Waals surface area contributed by atoms with Crippen molar-refractivity contribution in [3.63, 3.8) is 0 Å². The zero-order chi connectivity index (χ0) is 14.4. The van der Waals surface area contributed by atoms with Gasteiger partial charge in [-0.1, -0.05) is 29.8 Å². The van der Waals surface area contributed by atoms with E-state index in [4.69, 9.17) is 11.6 Å². The highest BCUT2D eigenvalue weighted by Crippen LogP contribution is 2.37. The Bertz CT molecular complexity index is 917. The Hall–Kier alpha value is -2.33. The lowest BCUT2D eigenvalue weighted by molar-refractivity contribution is 0.780. The van der Waals surface area contributed by atoms with Crippen molar-refractivity contribution < 1.29 is 0 Å². The van der Waals surface area contributed by atoms with Crippen LogP contribution in [0.3, 0.4) is 0 Å². The SMILES string of the molecule is O=c1c2cccnc2c(-c2ccccc2Cl)c2n1CCN2. The Morgan fingerprint density at radius 3 is 2.90 bits per heavy atom. The Balaban J connectivity index is 2.21. The Morgan fingerprint density at radius 2 is 2.05 bits per heavy atom. The largest absolute Gasteiger partial charge is 0.369 e. The number of rotatable bonds is 1. The molecule has 0 unspecified atom stereocenters. The molecule has 0 spiro atoms. The number of halogens is 1. The summed E-state index contributed by atoms with van der Waals surface area (Å²) in [5, 5.41) is 4.57. The van der Waals surface area contributed by atoms with E-state index < -0.39 is 0 Å². The molecule has 21 heavy (non-hydrogen) atoms. The number of anilines is 1. The minimum Gasteiger partial charge on any atom is -0.369 e. The predicted octanol–water partition coefficient (Wildman–Crippen LogP) is 3.14. The Labute approximate surface area is 126 Å². The molecule has 1 aliphatic heterocycles. The minimum absolute atomic E-state index is 0.00564. The second-order valence-electron chi connectivity index (χ2n) is 4.99. The third-order valence-corrected chi connectivity index (χ3v) is 4.13. The monoisotopic (exact) mass is 297 g/mol. The predicted molar refractivity (Wildman–Crippen MR) is 84.9 cm³/mol. The highest BCUT2D eigenvalue weighted by molar-refractivity contribution is 6.34. The average Bonchev–Trinajstić information content (AvgIpc) is 2.99. The van der Waals surface area contributed by atoms with Crippen LogP contribution in [-0.4, -0.2) is 16.1 Å². The molecule has 1 aliphatic rings. The van der Waals surface area contributed by atoms with Gasteiger partial charge in [-0.2, -0.15) is 0 Å². The molecule has 4 nitrogen and oxygen atoms in total. The molecule has 0 radical (unpaired) electrons. The molecule has 104 valence electrons. The van der Waals surface area contributed by atoms with Crippen LogP contribution < -0.4 is 10.9 Å². The van der Waals surface area contributed by atoms with Gasteiger partial charge in [0, 0.05) is 29.9 Å². The zero-order valence-corrected chi connectivity index (χ0v) is 11.9. The first-order chi connectivity index (χ1) is 10.3. The van der Waals surface area contributed by atoms with Crippen molar-refractivity contribution >= 4 is 28.3 Å². The normalized spacial score (nSPS) is 13.2. The molecular formula is C16H12ClN3O. The van der Waals surface area contributed by atoms with Gasteiger partial charge < -0.3 is 5.32 Å². The topological polar surface area (TPSA) is 46.9 Å². The first-order valence-corrected chi connectivity index (χ1v) is 7.15. The number of fused-ring (bicyclic) bond motifs is 2. The molecule has 0 fully saturated rings. The fraction of sp³-hybridized carbons (Fsp3) is 0.125. The Morgan fingerprint density at radius 1 is 1.19 bits per heavy atom. The third kappa shape index (κ3) is 1.76. The Kier molecular flexibility index (Phi) is 2.72. The quantitative estimate of drug-likeness (QED) is 0.750. The summed E-state index contributed by atoms with van der Waals surface area (Å²) in [6, 6.07) is 11.2. The van der Waals surface area contributed by atoms with Crippen LogP contribution in [0.5, 0.6) is 0 Å². The summed E-state index contributed by atoms with van der Waals surface area (Å²) in [5.74, 6) is 0.805. The van der Waals surface area contributed by atoms with Crippen molar-refractivity contribution in [1.29, 1.82) is 0 Å². The van der Waals surface area contributed by atoms with Crippen molar-refractivity contribution in [2.75, 3.05) is 11.9 Å². The number of aromatic nitrogens is 2. The van der Waals surface area contributed by atoms with Crippen LogP contribution in [0.1, 0.15) is 0 Å². The first-order valence-electron chi connectivity index (χ1n) is 6.77. The third-order valence-electron chi connectivity index (χ3n) is 3.80. The first kappa shape index (κ1) is 12.4. The molecular weight excluding hydrogens is 286 g/mol. The smallest absolute Gasteiger partial charge is 0.261 e. The molecule has 1 N–H and O–H groups in total. The molecule has 0 saturated carbocycles. The average molecular weight is 298 g/mol. The van der Waals surface area contributed by atoms with E-state index in [0.29, 0.717) is 22.5 Å². The van der Waals surface area contributed by atoms with Crippen LogP contribution in [0.25, 0.3) is 22.0 Å². The van der Waals surface area contributed by atoms with Gasteiger partial charge in [0.2, 0.25) is 0 Å². The van der Waals surface area contributed by atoms with E-state index in [1.165, 1.54) is 0 Å². The summed E-state index contributed by atoms with van der Waals surface area (Å²) in [6.45, 7) is 1.40. The zero-order valence-electron chi connectivity index (χ0n) is 11.1. The second kappa shape index (κ2) is 4.60. The van der Waals surface area contributed by atoms with Gasteiger partial charge in [-0.15, -0.1) is 0 Å². The van der Waals surface area contributed by atoms with Gasteiger partial charge in [0.1, 0.15) is 5.82 Å². The summed E-state index contributed by atoms with van der Waals surface area (Å²) in [4.78, 5) is 17.0. The molecule has 2 aromatic heterocycles. The fourth-order valence-electron chi connectivity index (χ4n) is 2.87. The molecule has 3 heterocycles. The van der Waals surface area contributed by atoms with E-state index in [1.54, 1.807) is 16.8 Å². The number of hydrogen-bond donors (Lipinski definition) is 1. The summed E-state index contributed by atoms with van der Waals surface area (Å²) < 4.78 is 1.77. The molecule has 0 bridgehead atoms. The fourth-order valence-corrected chi connectivity index (χ4v) is 3.10. The van der Waals surface area contributed by atoms with Crippen molar-refractivity contribution in [2.45, 2.75) is 6.54 Å². The summed E-state index contributed by atoms with van der Waals surface area (Å²) in [6.07, 6.45) is 1.70. The van der Waals surface area contributed by atoms with Crippen LogP contribution in [0.15, 0.2) is 47.4 Å². The van der Waals surface area contributed by atoms with Crippen LogP contribution in [0.2, 0.25) is 5.02 Å². The number of benzene rings is 1. The molecule has 0 atom stereocenters. The van der Waals surface area contributed by atoms with Gasteiger partial charge in [0.05, 0.1) is 16.5 Å². The van der Waals surface area contributed by atoms with Gasteiger partial charge in [-0.05, 0) is 18.2 Å². The maximum Gasteiger partial charge on any atom is 0.261 e. The molecule has 4 rings (SSSR count). The van der Waals surface area contributed by atoms with Crippen molar-refractivity contribution in [3.8, 4) is 11.1 Å². The van der Waals surface area contributed by atoms with Gasteiger partial charge in [-0.3, -0.25) is 14.3 Å². The van der Waals surface area contributed by atoms with E-state index in [9.17, 15) is 4.79 Å². The highest BCUT2D eigenvalue weighted by Gasteiger charge is 2.22. The van der Waals surface area contributed by atoms with E-state index >= 15 is 0 Å². The minimum atomic E-state index is -0.00564. The van der Waals surface area contributed by atoms with E-state index in [-0.39, 0.29) is 5.56 Å². The van der Waals surface area contributed by atoms with Gasteiger partial charge in [0.25, 0.3) is 5.56 Å². The number of nitrogens with zero attached hydrogens (tertiary/aromatic N) is 2. The lowest BCUT2D eigenvalue weighted by Crippen LogP contribution is -2.19. The summed E-state index contributed by atoms with van der Waals surface area (Å²) in [7, 11) is 0. The van der Waals surface area contributed by atoms with Crippen molar-refractivity contribution in [1.82, 2.24) is 9.55 Å². The number of pyridine rings is 2. The van der Waals surface area contributed by atoms with E-state index in [1.807, 2.05) is 30.3 Å². The van der Waals surface area contributed by atoms with Gasteiger partial charge in [0.15, 0.2) is 0 Å². The standard InChI is InChI=1S/C16H12ClN3O/c17-12-6-2-1-4-10(12)13-14-11(5-3-7-18-14)16(21)20-9-8-19-15(13)20/h1-7,19H,8-9H2. The highest BCUT2D eigenvalue weighted by atomic mass is 35.5. The number of hydrogen-bond acceptors (Lipinski definition) is 3. The van der Waals surface area contributed by atoms with Gasteiger partial charge in [-0.25, -0.2) is 0 Å². The maximum atomic E-state index is 12.5. The molecule has 0 saturated heterocycles. The second-order valence-corrected chi connectivity index (χ2v) is 5.39. The van der Waals surface area contributed by atoms with Crippen LogP contribution in [0, 0.1) is 0 Å². The molecule has 0 aliphatic carbocycles. The van der Waals surface area contributed by atoms with Crippen LogP contribution in [0.4, 0.5) is 5.82 Å². The van der Waals surface area contributed by atoms with E-state index in [2.05, 4.69) is 10.3 Å².